The average molecular weight is 248 g/mol. The van der Waals surface area contributed by atoms with Crippen LogP contribution in [0.1, 0.15) is 49.1 Å². The molecule has 0 radical (unpaired) electrons. The number of fused-ring (bicyclic) bond motifs is 3. The van der Waals surface area contributed by atoms with E-state index in [1.807, 2.05) is 12.1 Å². The highest BCUT2D eigenvalue weighted by Crippen LogP contribution is 2.47. The summed E-state index contributed by atoms with van der Waals surface area (Å²) >= 11 is 1.78. The maximum absolute atomic E-state index is 9.88. The van der Waals surface area contributed by atoms with E-state index in [4.69, 9.17) is 0 Å². The van der Waals surface area contributed by atoms with Crippen LogP contribution in [0.25, 0.3) is 0 Å². The summed E-state index contributed by atoms with van der Waals surface area (Å²) < 4.78 is 0. The van der Waals surface area contributed by atoms with E-state index >= 15 is 0 Å². The van der Waals surface area contributed by atoms with E-state index in [9.17, 15) is 5.11 Å². The fraction of sp³-hybridized carbons (Fsp3) is 0.600. The van der Waals surface area contributed by atoms with Crippen LogP contribution in [0.2, 0.25) is 0 Å². The SMILES string of the molecule is CSc1cc(O)cc2c1CC[C@H]1CCCC[C@H]21. The summed E-state index contributed by atoms with van der Waals surface area (Å²) in [6.45, 7) is 0. The Labute approximate surface area is 108 Å². The van der Waals surface area contributed by atoms with Crippen molar-refractivity contribution in [2.45, 2.75) is 49.3 Å². The molecule has 0 bridgehead atoms. The van der Waals surface area contributed by atoms with Crippen LogP contribution in [-0.2, 0) is 6.42 Å². The number of thioether (sulfide) groups is 1. The molecule has 0 amide bonds. The third-order valence-electron chi connectivity index (χ3n) is 4.52. The minimum Gasteiger partial charge on any atom is -0.508 e. The fourth-order valence-electron chi connectivity index (χ4n) is 3.72. The molecule has 2 atom stereocenters. The van der Waals surface area contributed by atoms with Gasteiger partial charge in [-0.15, -0.1) is 11.8 Å². The molecule has 92 valence electrons. The van der Waals surface area contributed by atoms with Crippen molar-refractivity contribution in [1.29, 1.82) is 0 Å². The van der Waals surface area contributed by atoms with Gasteiger partial charge in [0.15, 0.2) is 0 Å². The Kier molecular flexibility index (Phi) is 3.08. The van der Waals surface area contributed by atoms with Gasteiger partial charge in [-0.2, -0.15) is 0 Å². The minimum absolute atomic E-state index is 0.458. The van der Waals surface area contributed by atoms with Gasteiger partial charge in [0.1, 0.15) is 5.75 Å². The average Bonchev–Trinajstić information content (AvgIpc) is 2.37. The number of hydrogen-bond donors (Lipinski definition) is 1. The number of phenolic OH excluding ortho intramolecular Hbond substituents is 1. The molecular formula is C15H20OS. The van der Waals surface area contributed by atoms with Gasteiger partial charge in [-0.05, 0) is 67.0 Å². The molecule has 1 aromatic rings. The normalized spacial score (nSPS) is 27.4. The fourth-order valence-corrected chi connectivity index (χ4v) is 4.43. The van der Waals surface area contributed by atoms with Gasteiger partial charge in [-0.3, -0.25) is 0 Å². The third kappa shape index (κ3) is 1.97. The highest BCUT2D eigenvalue weighted by molar-refractivity contribution is 7.98. The topological polar surface area (TPSA) is 20.2 Å². The van der Waals surface area contributed by atoms with Gasteiger partial charge in [0.25, 0.3) is 0 Å². The number of phenols is 1. The molecule has 2 aliphatic carbocycles. The van der Waals surface area contributed by atoms with Crippen molar-refractivity contribution >= 4 is 11.8 Å². The summed E-state index contributed by atoms with van der Waals surface area (Å²) in [6, 6.07) is 3.98. The number of rotatable bonds is 1. The van der Waals surface area contributed by atoms with Gasteiger partial charge in [0.05, 0.1) is 0 Å². The van der Waals surface area contributed by atoms with Crippen molar-refractivity contribution in [3.63, 3.8) is 0 Å². The molecule has 0 aliphatic heterocycles. The lowest BCUT2D eigenvalue weighted by Gasteiger charge is -2.38. The molecule has 1 aromatic carbocycles. The Hall–Kier alpha value is -0.630. The van der Waals surface area contributed by atoms with Crippen LogP contribution >= 0.6 is 11.8 Å². The summed E-state index contributed by atoms with van der Waals surface area (Å²) in [4.78, 5) is 1.30. The quantitative estimate of drug-likeness (QED) is 0.746. The maximum Gasteiger partial charge on any atom is 0.116 e. The van der Waals surface area contributed by atoms with Gasteiger partial charge in [-0.1, -0.05) is 12.8 Å². The summed E-state index contributed by atoms with van der Waals surface area (Å²) in [7, 11) is 0. The van der Waals surface area contributed by atoms with Crippen LogP contribution in [0.15, 0.2) is 17.0 Å². The van der Waals surface area contributed by atoms with Crippen LogP contribution in [0, 0.1) is 5.92 Å². The Balaban J connectivity index is 2.06. The van der Waals surface area contributed by atoms with Gasteiger partial charge in [-0.25, -0.2) is 0 Å². The molecule has 1 N–H and O–H groups in total. The van der Waals surface area contributed by atoms with Crippen molar-refractivity contribution < 1.29 is 5.11 Å². The minimum atomic E-state index is 0.458. The van der Waals surface area contributed by atoms with E-state index in [0.717, 1.165) is 11.8 Å². The van der Waals surface area contributed by atoms with Crippen molar-refractivity contribution in [2.75, 3.05) is 6.26 Å². The molecule has 1 saturated carbocycles. The first-order valence-corrected chi connectivity index (χ1v) is 7.92. The standard InChI is InChI=1S/C15H20OS/c1-17-15-9-11(16)8-14-12-5-3-2-4-10(12)6-7-13(14)15/h8-10,12,16H,2-7H2,1H3/t10-,12+/m1/s1. The number of benzene rings is 1. The van der Waals surface area contributed by atoms with Gasteiger partial charge in [0.2, 0.25) is 0 Å². The zero-order valence-electron chi connectivity index (χ0n) is 10.4. The Morgan fingerprint density at radius 2 is 2.00 bits per heavy atom. The molecule has 0 spiro atoms. The largest absolute Gasteiger partial charge is 0.508 e. The summed E-state index contributed by atoms with van der Waals surface area (Å²) in [6.07, 6.45) is 10.2. The van der Waals surface area contributed by atoms with Crippen LogP contribution in [0.3, 0.4) is 0 Å². The molecule has 3 rings (SSSR count). The van der Waals surface area contributed by atoms with Crippen LogP contribution in [0.5, 0.6) is 5.75 Å². The molecule has 2 heteroatoms. The first-order valence-electron chi connectivity index (χ1n) is 6.69. The molecule has 0 heterocycles. The van der Waals surface area contributed by atoms with E-state index in [1.165, 1.54) is 54.5 Å². The second-order valence-electron chi connectivity index (χ2n) is 5.41. The first-order chi connectivity index (χ1) is 8.29. The second-order valence-corrected chi connectivity index (χ2v) is 6.25. The van der Waals surface area contributed by atoms with E-state index in [2.05, 4.69) is 6.26 Å². The van der Waals surface area contributed by atoms with Crippen LogP contribution < -0.4 is 0 Å². The third-order valence-corrected chi connectivity index (χ3v) is 5.33. The lowest BCUT2D eigenvalue weighted by molar-refractivity contribution is 0.273. The zero-order valence-corrected chi connectivity index (χ0v) is 11.2. The zero-order chi connectivity index (χ0) is 11.8. The van der Waals surface area contributed by atoms with E-state index in [1.54, 1.807) is 11.8 Å². The highest BCUT2D eigenvalue weighted by atomic mass is 32.2. The lowest BCUT2D eigenvalue weighted by atomic mass is 9.68. The Bertz CT molecular complexity index is 427. The molecule has 1 nitrogen and oxygen atoms in total. The summed E-state index contributed by atoms with van der Waals surface area (Å²) in [5, 5.41) is 9.88. The molecule has 2 aliphatic rings. The number of aromatic hydroxyl groups is 1. The Morgan fingerprint density at radius 3 is 2.82 bits per heavy atom. The molecule has 1 fully saturated rings. The lowest BCUT2D eigenvalue weighted by Crippen LogP contribution is -2.24. The molecule has 0 saturated heterocycles. The molecular weight excluding hydrogens is 228 g/mol. The Morgan fingerprint density at radius 1 is 1.18 bits per heavy atom. The second kappa shape index (κ2) is 4.56. The number of hydrogen-bond acceptors (Lipinski definition) is 2. The first kappa shape index (κ1) is 11.5. The predicted octanol–water partition coefficient (Wildman–Crippen LogP) is 4.33. The highest BCUT2D eigenvalue weighted by Gasteiger charge is 2.32. The van der Waals surface area contributed by atoms with E-state index < -0.39 is 0 Å². The van der Waals surface area contributed by atoms with E-state index in [-0.39, 0.29) is 0 Å². The predicted molar refractivity (Wildman–Crippen MR) is 72.9 cm³/mol. The van der Waals surface area contributed by atoms with Crippen molar-refractivity contribution in [1.82, 2.24) is 0 Å². The smallest absolute Gasteiger partial charge is 0.116 e. The van der Waals surface area contributed by atoms with Gasteiger partial charge in [0, 0.05) is 4.90 Å². The maximum atomic E-state index is 9.88. The molecule has 0 unspecified atom stereocenters. The van der Waals surface area contributed by atoms with Gasteiger partial charge >= 0.3 is 0 Å². The molecule has 17 heavy (non-hydrogen) atoms. The van der Waals surface area contributed by atoms with Crippen molar-refractivity contribution in [3.8, 4) is 5.75 Å². The van der Waals surface area contributed by atoms with Crippen molar-refractivity contribution in [3.05, 3.63) is 23.3 Å². The molecule has 0 aromatic heterocycles. The van der Waals surface area contributed by atoms with E-state index in [0.29, 0.717) is 5.75 Å². The summed E-state index contributed by atoms with van der Waals surface area (Å²) in [5.41, 5.74) is 2.99. The van der Waals surface area contributed by atoms with Crippen molar-refractivity contribution in [2.24, 2.45) is 5.92 Å². The van der Waals surface area contributed by atoms with Crippen LogP contribution in [-0.4, -0.2) is 11.4 Å². The monoisotopic (exact) mass is 248 g/mol. The van der Waals surface area contributed by atoms with Crippen LogP contribution in [0.4, 0.5) is 0 Å². The van der Waals surface area contributed by atoms with Gasteiger partial charge < -0.3 is 5.11 Å². The summed E-state index contributed by atoms with van der Waals surface area (Å²) in [5.74, 6) is 2.07.